The number of carboxylic acid groups (broad SMARTS) is 1. The summed E-state index contributed by atoms with van der Waals surface area (Å²) in [6.45, 7) is 4.51. The summed E-state index contributed by atoms with van der Waals surface area (Å²) < 4.78 is 0. The smallest absolute Gasteiger partial charge is 0.303 e. The van der Waals surface area contributed by atoms with Crippen molar-refractivity contribution in [1.29, 1.82) is 0 Å². The van der Waals surface area contributed by atoms with Crippen molar-refractivity contribution in [3.05, 3.63) is 30.1 Å². The maximum absolute atomic E-state index is 11.8. The third-order valence-corrected chi connectivity index (χ3v) is 2.97. The Kier molecular flexibility index (Phi) is 6.70. The molecule has 1 amide bonds. The average molecular weight is 278 g/mol. The van der Waals surface area contributed by atoms with Crippen LogP contribution in [0.3, 0.4) is 0 Å². The summed E-state index contributed by atoms with van der Waals surface area (Å²) in [5.41, 5.74) is 0.899. The Morgan fingerprint density at radius 2 is 1.95 bits per heavy atom. The summed E-state index contributed by atoms with van der Waals surface area (Å²) in [6, 6.07) is 3.59. The first-order valence-corrected chi connectivity index (χ1v) is 6.84. The van der Waals surface area contributed by atoms with E-state index in [1.165, 1.54) is 0 Å². The van der Waals surface area contributed by atoms with E-state index in [1.807, 2.05) is 13.8 Å². The molecule has 20 heavy (non-hydrogen) atoms. The highest BCUT2D eigenvalue weighted by Gasteiger charge is 2.16. The number of nitrogens with zero attached hydrogens (tertiary/aromatic N) is 1. The second-order valence-corrected chi connectivity index (χ2v) is 5.43. The van der Waals surface area contributed by atoms with Gasteiger partial charge in [-0.1, -0.05) is 13.8 Å². The molecule has 0 bridgehead atoms. The predicted octanol–water partition coefficient (Wildman–Crippen LogP) is 1.88. The number of aliphatic carboxylic acids is 1. The number of carbonyl (C=O) groups is 2. The summed E-state index contributed by atoms with van der Waals surface area (Å²) in [5.74, 6) is -0.514. The van der Waals surface area contributed by atoms with Crippen LogP contribution in [-0.2, 0) is 16.0 Å². The van der Waals surface area contributed by atoms with Crippen molar-refractivity contribution in [1.82, 2.24) is 10.3 Å². The summed E-state index contributed by atoms with van der Waals surface area (Å²) in [5, 5.41) is 11.7. The fourth-order valence-corrected chi connectivity index (χ4v) is 2.16. The largest absolute Gasteiger partial charge is 0.481 e. The highest BCUT2D eigenvalue weighted by molar-refractivity contribution is 5.78. The molecule has 0 spiro atoms. The van der Waals surface area contributed by atoms with Crippen LogP contribution in [0.25, 0.3) is 0 Å². The van der Waals surface area contributed by atoms with E-state index in [4.69, 9.17) is 5.11 Å². The van der Waals surface area contributed by atoms with Gasteiger partial charge < -0.3 is 10.4 Å². The van der Waals surface area contributed by atoms with E-state index in [9.17, 15) is 9.59 Å². The molecule has 0 aliphatic rings. The van der Waals surface area contributed by atoms with Gasteiger partial charge in [-0.15, -0.1) is 0 Å². The van der Waals surface area contributed by atoms with Crippen molar-refractivity contribution in [2.24, 2.45) is 11.8 Å². The van der Waals surface area contributed by atoms with Crippen molar-refractivity contribution in [3.8, 4) is 0 Å². The number of carbonyl (C=O) groups excluding carboxylic acids is 1. The minimum atomic E-state index is -0.820. The van der Waals surface area contributed by atoms with Crippen LogP contribution >= 0.6 is 0 Å². The van der Waals surface area contributed by atoms with Crippen LogP contribution in [0.1, 0.15) is 32.3 Å². The van der Waals surface area contributed by atoms with Crippen LogP contribution in [0, 0.1) is 11.8 Å². The number of rotatable bonds is 8. The van der Waals surface area contributed by atoms with E-state index in [0.29, 0.717) is 18.9 Å². The third-order valence-electron chi connectivity index (χ3n) is 2.97. The van der Waals surface area contributed by atoms with E-state index >= 15 is 0 Å². The molecule has 0 aliphatic carbocycles. The molecule has 110 valence electrons. The molecular formula is C15H22N2O3. The number of amides is 1. The quantitative estimate of drug-likeness (QED) is 0.761. The molecule has 1 rings (SSSR count). The zero-order valence-electron chi connectivity index (χ0n) is 12.0. The zero-order chi connectivity index (χ0) is 15.0. The minimum absolute atomic E-state index is 0.0195. The fraction of sp³-hybridized carbons (Fsp3) is 0.533. The number of hydrogen-bond acceptors (Lipinski definition) is 3. The van der Waals surface area contributed by atoms with Gasteiger partial charge in [-0.05, 0) is 36.0 Å². The van der Waals surface area contributed by atoms with Gasteiger partial charge in [-0.3, -0.25) is 14.6 Å². The fourth-order valence-electron chi connectivity index (χ4n) is 2.16. The number of carboxylic acids is 1. The standard InChI is InChI=1S/C15H22N2O3/c1-11(2)7-13(9-15(19)20)10-17-14(18)8-12-3-5-16-6-4-12/h3-6,11,13H,7-10H2,1-2H3,(H,17,18)(H,19,20)/t13-/m0/s1. The van der Waals surface area contributed by atoms with Crippen molar-refractivity contribution in [3.63, 3.8) is 0 Å². The van der Waals surface area contributed by atoms with Gasteiger partial charge in [0, 0.05) is 25.4 Å². The van der Waals surface area contributed by atoms with Crippen LogP contribution in [0.5, 0.6) is 0 Å². The number of hydrogen-bond donors (Lipinski definition) is 2. The molecule has 0 unspecified atom stereocenters. The van der Waals surface area contributed by atoms with Crippen molar-refractivity contribution in [2.45, 2.75) is 33.1 Å². The number of aromatic nitrogens is 1. The lowest BCUT2D eigenvalue weighted by atomic mass is 9.94. The molecule has 0 aliphatic heterocycles. The molecule has 5 heteroatoms. The summed E-state index contributed by atoms with van der Waals surface area (Å²) in [6.07, 6.45) is 4.47. The molecule has 0 radical (unpaired) electrons. The summed E-state index contributed by atoms with van der Waals surface area (Å²) >= 11 is 0. The van der Waals surface area contributed by atoms with Crippen molar-refractivity contribution >= 4 is 11.9 Å². The maximum atomic E-state index is 11.8. The van der Waals surface area contributed by atoms with Gasteiger partial charge in [0.1, 0.15) is 0 Å². The Morgan fingerprint density at radius 1 is 1.30 bits per heavy atom. The lowest BCUT2D eigenvalue weighted by Crippen LogP contribution is -2.32. The van der Waals surface area contributed by atoms with Gasteiger partial charge in [-0.2, -0.15) is 0 Å². The lowest BCUT2D eigenvalue weighted by molar-refractivity contribution is -0.138. The predicted molar refractivity (Wildman–Crippen MR) is 76.1 cm³/mol. The highest BCUT2D eigenvalue weighted by atomic mass is 16.4. The first-order chi connectivity index (χ1) is 9.47. The SMILES string of the molecule is CC(C)C[C@H](CNC(=O)Cc1ccncc1)CC(=O)O. The summed E-state index contributed by atoms with van der Waals surface area (Å²) in [7, 11) is 0. The molecule has 0 saturated heterocycles. The molecule has 2 N–H and O–H groups in total. The third kappa shape index (κ3) is 6.87. The molecule has 1 atom stereocenters. The molecule has 1 aromatic rings. The Hall–Kier alpha value is -1.91. The minimum Gasteiger partial charge on any atom is -0.481 e. The number of pyridine rings is 1. The lowest BCUT2D eigenvalue weighted by Gasteiger charge is -2.17. The Balaban J connectivity index is 2.41. The second kappa shape index (κ2) is 8.30. The van der Waals surface area contributed by atoms with E-state index in [2.05, 4.69) is 10.3 Å². The molecule has 0 aromatic carbocycles. The maximum Gasteiger partial charge on any atom is 0.303 e. The van der Waals surface area contributed by atoms with Gasteiger partial charge in [0.05, 0.1) is 6.42 Å². The van der Waals surface area contributed by atoms with E-state index < -0.39 is 5.97 Å². The molecule has 1 heterocycles. The van der Waals surface area contributed by atoms with Gasteiger partial charge in [-0.25, -0.2) is 0 Å². The van der Waals surface area contributed by atoms with E-state index in [1.54, 1.807) is 24.5 Å². The first-order valence-electron chi connectivity index (χ1n) is 6.84. The van der Waals surface area contributed by atoms with Gasteiger partial charge >= 0.3 is 5.97 Å². The average Bonchev–Trinajstić information content (AvgIpc) is 2.36. The highest BCUT2D eigenvalue weighted by Crippen LogP contribution is 2.14. The van der Waals surface area contributed by atoms with Gasteiger partial charge in [0.15, 0.2) is 0 Å². The van der Waals surface area contributed by atoms with Crippen molar-refractivity contribution < 1.29 is 14.7 Å². The molecule has 0 fully saturated rings. The molecule has 5 nitrogen and oxygen atoms in total. The monoisotopic (exact) mass is 278 g/mol. The molecule has 1 aromatic heterocycles. The molecular weight excluding hydrogens is 256 g/mol. The summed E-state index contributed by atoms with van der Waals surface area (Å²) in [4.78, 5) is 26.5. The zero-order valence-corrected chi connectivity index (χ0v) is 12.0. The van der Waals surface area contributed by atoms with Crippen LogP contribution in [0.4, 0.5) is 0 Å². The Morgan fingerprint density at radius 3 is 2.50 bits per heavy atom. The van der Waals surface area contributed by atoms with Crippen LogP contribution in [-0.4, -0.2) is 28.5 Å². The van der Waals surface area contributed by atoms with Gasteiger partial charge in [0.2, 0.25) is 5.91 Å². The molecule has 0 saturated carbocycles. The van der Waals surface area contributed by atoms with E-state index in [0.717, 1.165) is 12.0 Å². The van der Waals surface area contributed by atoms with E-state index in [-0.39, 0.29) is 18.2 Å². The van der Waals surface area contributed by atoms with Crippen molar-refractivity contribution in [2.75, 3.05) is 6.54 Å². The Bertz CT molecular complexity index is 432. The Labute approximate surface area is 119 Å². The van der Waals surface area contributed by atoms with Crippen LogP contribution < -0.4 is 5.32 Å². The van der Waals surface area contributed by atoms with Crippen LogP contribution in [0.2, 0.25) is 0 Å². The normalized spacial score (nSPS) is 12.2. The topological polar surface area (TPSA) is 79.3 Å². The first kappa shape index (κ1) is 16.1. The van der Waals surface area contributed by atoms with Crippen LogP contribution in [0.15, 0.2) is 24.5 Å². The second-order valence-electron chi connectivity index (χ2n) is 5.43. The number of nitrogens with one attached hydrogen (secondary N) is 1. The van der Waals surface area contributed by atoms with Gasteiger partial charge in [0.25, 0.3) is 0 Å².